The molecular weight excluding hydrogens is 386 g/mol. The summed E-state index contributed by atoms with van der Waals surface area (Å²) < 4.78 is 5.09. The van der Waals surface area contributed by atoms with Crippen LogP contribution in [0.4, 0.5) is 5.69 Å². The molecule has 2 aliphatic heterocycles. The number of benzene rings is 2. The van der Waals surface area contributed by atoms with Gasteiger partial charge in [0, 0.05) is 50.5 Å². The summed E-state index contributed by atoms with van der Waals surface area (Å²) in [7, 11) is 1.65. The highest BCUT2D eigenvalue weighted by atomic mass is 35.5. The summed E-state index contributed by atoms with van der Waals surface area (Å²) in [5.41, 5.74) is 3.80. The van der Waals surface area contributed by atoms with E-state index in [2.05, 4.69) is 51.5 Å². The van der Waals surface area contributed by atoms with Gasteiger partial charge in [0.05, 0.1) is 18.6 Å². The monoisotopic (exact) mass is 413 g/mol. The lowest BCUT2D eigenvalue weighted by Gasteiger charge is -2.49. The molecule has 2 atom stereocenters. The van der Waals surface area contributed by atoms with Crippen LogP contribution in [-0.2, 0) is 22.5 Å². The van der Waals surface area contributed by atoms with E-state index in [1.807, 2.05) is 12.1 Å². The van der Waals surface area contributed by atoms with Crippen molar-refractivity contribution in [3.8, 4) is 0 Å². The molecule has 0 spiro atoms. The van der Waals surface area contributed by atoms with Gasteiger partial charge in [-0.2, -0.15) is 0 Å². The van der Waals surface area contributed by atoms with Crippen LogP contribution in [0.1, 0.15) is 11.1 Å². The second-order valence-corrected chi connectivity index (χ2v) is 8.28. The predicted octanol–water partition coefficient (Wildman–Crippen LogP) is 2.97. The number of rotatable bonds is 6. The molecule has 2 unspecified atom stereocenters. The number of nitrogens with zero attached hydrogens (tertiary/aromatic N) is 2. The standard InChI is InChI=1S/C23H28ClN3O2/c1-29-13-10-25-23(28)20-14-18-4-2-3-5-21(18)27-12-11-26(16-22(20)27)15-17-6-8-19(24)9-7-17/h2-9,20,22H,10-16H2,1H3,(H,25,28). The minimum atomic E-state index is -0.0604. The van der Waals surface area contributed by atoms with Crippen molar-refractivity contribution in [3.05, 3.63) is 64.7 Å². The maximum Gasteiger partial charge on any atom is 0.225 e. The molecule has 5 nitrogen and oxygen atoms in total. The van der Waals surface area contributed by atoms with Gasteiger partial charge in [0.15, 0.2) is 0 Å². The van der Waals surface area contributed by atoms with E-state index < -0.39 is 0 Å². The van der Waals surface area contributed by atoms with Gasteiger partial charge in [0.25, 0.3) is 0 Å². The number of carbonyl (C=O) groups excluding carboxylic acids is 1. The van der Waals surface area contributed by atoms with E-state index in [1.165, 1.54) is 16.8 Å². The lowest BCUT2D eigenvalue weighted by molar-refractivity contribution is -0.126. The van der Waals surface area contributed by atoms with Crippen LogP contribution in [0.3, 0.4) is 0 Å². The number of nitrogens with one attached hydrogen (secondary N) is 1. The zero-order chi connectivity index (χ0) is 20.2. The fourth-order valence-corrected chi connectivity index (χ4v) is 4.64. The Kier molecular flexibility index (Phi) is 6.38. The van der Waals surface area contributed by atoms with Crippen molar-refractivity contribution in [1.29, 1.82) is 0 Å². The number of halogens is 1. The van der Waals surface area contributed by atoms with Crippen molar-refractivity contribution in [2.45, 2.75) is 19.0 Å². The maximum atomic E-state index is 13.0. The van der Waals surface area contributed by atoms with Gasteiger partial charge in [-0.1, -0.05) is 41.9 Å². The summed E-state index contributed by atoms with van der Waals surface area (Å²) in [5, 5.41) is 3.82. The van der Waals surface area contributed by atoms with Crippen molar-refractivity contribution in [2.24, 2.45) is 5.92 Å². The fraction of sp³-hybridized carbons (Fsp3) is 0.435. The van der Waals surface area contributed by atoms with Gasteiger partial charge in [-0.05, 0) is 35.7 Å². The summed E-state index contributed by atoms with van der Waals surface area (Å²) in [6.07, 6.45) is 0.783. The first-order chi connectivity index (χ1) is 14.2. The molecular formula is C23H28ClN3O2. The molecule has 0 aromatic heterocycles. The zero-order valence-electron chi connectivity index (χ0n) is 16.8. The number of amides is 1. The average molecular weight is 414 g/mol. The zero-order valence-corrected chi connectivity index (χ0v) is 17.6. The third-order valence-electron chi connectivity index (χ3n) is 5.97. The van der Waals surface area contributed by atoms with Gasteiger partial charge in [-0.15, -0.1) is 0 Å². The molecule has 1 amide bonds. The Hall–Kier alpha value is -2.08. The number of methoxy groups -OCH3 is 1. The second kappa shape index (κ2) is 9.16. The molecule has 4 rings (SSSR count). The van der Waals surface area contributed by atoms with E-state index in [-0.39, 0.29) is 17.9 Å². The second-order valence-electron chi connectivity index (χ2n) is 7.85. The summed E-state index contributed by atoms with van der Waals surface area (Å²) in [6.45, 7) is 4.74. The molecule has 2 heterocycles. The molecule has 0 saturated carbocycles. The molecule has 154 valence electrons. The van der Waals surface area contributed by atoms with Crippen LogP contribution >= 0.6 is 11.6 Å². The van der Waals surface area contributed by atoms with Crippen molar-refractivity contribution in [3.63, 3.8) is 0 Å². The molecule has 2 aromatic rings. The van der Waals surface area contributed by atoms with E-state index in [0.717, 1.165) is 37.6 Å². The Morgan fingerprint density at radius 2 is 1.97 bits per heavy atom. The van der Waals surface area contributed by atoms with Crippen molar-refractivity contribution >= 4 is 23.2 Å². The Balaban J connectivity index is 1.52. The molecule has 0 radical (unpaired) electrons. The lowest BCUT2D eigenvalue weighted by Crippen LogP contribution is -2.61. The minimum absolute atomic E-state index is 0.0604. The third kappa shape index (κ3) is 4.58. The van der Waals surface area contributed by atoms with Crippen LogP contribution in [0.2, 0.25) is 5.02 Å². The summed E-state index contributed by atoms with van der Waals surface area (Å²) in [6, 6.07) is 16.7. The third-order valence-corrected chi connectivity index (χ3v) is 6.22. The number of hydrogen-bond donors (Lipinski definition) is 1. The van der Waals surface area contributed by atoms with Crippen molar-refractivity contribution in [1.82, 2.24) is 10.2 Å². The first kappa shape index (κ1) is 20.2. The highest BCUT2D eigenvalue weighted by Crippen LogP contribution is 2.36. The molecule has 2 aromatic carbocycles. The molecule has 0 aliphatic carbocycles. The molecule has 6 heteroatoms. The van der Waals surface area contributed by atoms with Crippen LogP contribution in [0, 0.1) is 5.92 Å². The maximum absolute atomic E-state index is 13.0. The summed E-state index contributed by atoms with van der Waals surface area (Å²) in [5.74, 6) is 0.0645. The molecule has 2 aliphatic rings. The Morgan fingerprint density at radius 3 is 2.76 bits per heavy atom. The van der Waals surface area contributed by atoms with Crippen LogP contribution < -0.4 is 10.2 Å². The van der Waals surface area contributed by atoms with E-state index in [4.69, 9.17) is 16.3 Å². The Morgan fingerprint density at radius 1 is 1.17 bits per heavy atom. The van der Waals surface area contributed by atoms with Gasteiger partial charge >= 0.3 is 0 Å². The molecule has 0 bridgehead atoms. The SMILES string of the molecule is COCCNC(=O)C1Cc2ccccc2N2CCN(Cc3ccc(Cl)cc3)CC12. The number of para-hydroxylation sites is 1. The highest BCUT2D eigenvalue weighted by Gasteiger charge is 2.41. The van der Waals surface area contributed by atoms with Gasteiger partial charge in [0.1, 0.15) is 0 Å². The largest absolute Gasteiger partial charge is 0.383 e. The first-order valence-corrected chi connectivity index (χ1v) is 10.6. The fourth-order valence-electron chi connectivity index (χ4n) is 4.52. The van der Waals surface area contributed by atoms with Crippen molar-refractivity contribution in [2.75, 3.05) is 44.8 Å². The molecule has 1 saturated heterocycles. The minimum Gasteiger partial charge on any atom is -0.383 e. The van der Waals surface area contributed by atoms with Gasteiger partial charge in [-0.3, -0.25) is 9.69 Å². The average Bonchev–Trinajstić information content (AvgIpc) is 2.75. The van der Waals surface area contributed by atoms with E-state index in [0.29, 0.717) is 13.2 Å². The first-order valence-electron chi connectivity index (χ1n) is 10.2. The summed E-state index contributed by atoms with van der Waals surface area (Å²) in [4.78, 5) is 17.9. The van der Waals surface area contributed by atoms with E-state index >= 15 is 0 Å². The Labute approximate surface area is 177 Å². The number of ether oxygens (including phenoxy) is 1. The van der Waals surface area contributed by atoms with E-state index in [1.54, 1.807) is 7.11 Å². The van der Waals surface area contributed by atoms with Crippen LogP contribution in [0.25, 0.3) is 0 Å². The topological polar surface area (TPSA) is 44.8 Å². The van der Waals surface area contributed by atoms with Gasteiger partial charge in [-0.25, -0.2) is 0 Å². The number of piperazine rings is 1. The number of fused-ring (bicyclic) bond motifs is 3. The molecule has 1 fully saturated rings. The number of hydrogen-bond acceptors (Lipinski definition) is 4. The smallest absolute Gasteiger partial charge is 0.225 e. The number of carbonyl (C=O) groups is 1. The predicted molar refractivity (Wildman–Crippen MR) is 116 cm³/mol. The summed E-state index contributed by atoms with van der Waals surface area (Å²) >= 11 is 6.03. The van der Waals surface area contributed by atoms with Crippen LogP contribution in [0.5, 0.6) is 0 Å². The Bertz CT molecular complexity index is 842. The lowest BCUT2D eigenvalue weighted by atomic mass is 9.83. The normalized spacial score (nSPS) is 21.4. The van der Waals surface area contributed by atoms with E-state index in [9.17, 15) is 4.79 Å². The van der Waals surface area contributed by atoms with Crippen LogP contribution in [0.15, 0.2) is 48.5 Å². The quantitative estimate of drug-likeness (QED) is 0.739. The van der Waals surface area contributed by atoms with Crippen LogP contribution in [-0.4, -0.2) is 56.7 Å². The molecule has 1 N–H and O–H groups in total. The number of anilines is 1. The highest BCUT2D eigenvalue weighted by molar-refractivity contribution is 6.30. The van der Waals surface area contributed by atoms with Gasteiger partial charge < -0.3 is 15.0 Å². The molecule has 29 heavy (non-hydrogen) atoms. The van der Waals surface area contributed by atoms with Crippen molar-refractivity contribution < 1.29 is 9.53 Å². The van der Waals surface area contributed by atoms with Gasteiger partial charge in [0.2, 0.25) is 5.91 Å².